The topological polar surface area (TPSA) is 326 Å². The van der Waals surface area contributed by atoms with Crippen LogP contribution in [0.4, 0.5) is 26.3 Å². The molecule has 6 fully saturated rings. The lowest BCUT2D eigenvalue weighted by Gasteiger charge is -2.48. The molecule has 0 radical (unpaired) electrons. The summed E-state index contributed by atoms with van der Waals surface area (Å²) >= 11 is 0. The number of esters is 6. The van der Waals surface area contributed by atoms with Crippen molar-refractivity contribution in [1.29, 1.82) is 0 Å². The standard InChI is InChI=1S/C109H130F6N4O24/c1-51-54(4)89(45-126-66(16)120)135-105(60(51)10)141-99-57(7)63(13)102(138-92(99)48-129-69(19)123)132-78-28-22-25-72(41-78)95-81-31-33-83(116-81)96(73-26-23-29-79(42-73)133-103-64(14)58(8)100(93(139-103)49-130-70(20)124)142-106-61(11)52(2)55(5)90(136-106)46-127-67(17)121)85-35-37-87(118-85)98(75-39-76(108(110,111)112)44-77(40-75)109(113,114)115)88-38-36-86(119-88)97(84-34-32-82(95)117-84)74-27-24-30-80(43-74)134-104-65(15)59(9)101(94(140-104)50-131-71(21)125)143-107-62(12)53(3)56(6)91(137-107)47-128-68(18)122/h22-44,51-65,89-94,99-107,116,119H,45-50H2,1-21H3/t51-,52-,53-,54+,55+,56+,57+,58+,59+,60?,61?,62?,63?,64?,65?,89?,90?,91?,92?,93?,94?,99-,100-,101-,102+,103+,104+,105-,106-,107-/m0/s1. The van der Waals surface area contributed by atoms with Gasteiger partial charge in [0.1, 0.15) is 75.2 Å². The molecule has 143 heavy (non-hydrogen) atoms. The number of halogens is 6. The third kappa shape index (κ3) is 24.0. The number of H-pyrrole nitrogens is 2. The molecule has 0 aliphatic carbocycles. The van der Waals surface area contributed by atoms with Gasteiger partial charge in [-0.15, -0.1) is 0 Å². The third-order valence-electron chi connectivity index (χ3n) is 30.6. The number of aromatic nitrogens is 4. The Hall–Kier alpha value is -11.1. The zero-order valence-electron chi connectivity index (χ0n) is 84.3. The number of fused-ring (bicyclic) bond motifs is 8. The maximum atomic E-state index is 15.4. The van der Waals surface area contributed by atoms with E-state index in [0.29, 0.717) is 73.7 Å². The lowest BCUT2D eigenvalue weighted by molar-refractivity contribution is -0.319. The Kier molecular flexibility index (Phi) is 33.0. The van der Waals surface area contributed by atoms with Gasteiger partial charge in [0.25, 0.3) is 0 Å². The molecule has 8 aliphatic rings. The molecule has 6 saturated heterocycles. The second-order valence-electron chi connectivity index (χ2n) is 40.0. The van der Waals surface area contributed by atoms with Gasteiger partial charge in [0.15, 0.2) is 18.9 Å². The lowest BCUT2D eigenvalue weighted by atomic mass is 9.78. The Labute approximate surface area is 828 Å². The predicted molar refractivity (Wildman–Crippen MR) is 516 cm³/mol. The van der Waals surface area contributed by atoms with Crippen molar-refractivity contribution in [2.45, 2.75) is 250 Å². The summed E-state index contributed by atoms with van der Waals surface area (Å²) in [6.07, 6.45) is -15.6. The molecule has 4 aromatic carbocycles. The summed E-state index contributed by atoms with van der Waals surface area (Å²) in [6.45, 7) is 37.6. The van der Waals surface area contributed by atoms with Gasteiger partial charge in [-0.3, -0.25) is 28.8 Å². The van der Waals surface area contributed by atoms with Crippen molar-refractivity contribution in [3.63, 3.8) is 0 Å². The summed E-state index contributed by atoms with van der Waals surface area (Å²) in [4.78, 5) is 92.4. The molecular weight excluding hydrogens is 1860 g/mol. The molecule has 15 rings (SSSR count). The number of hydrogen-bond acceptors (Lipinski definition) is 26. The lowest BCUT2D eigenvalue weighted by Crippen LogP contribution is -2.57. The molecule has 11 heterocycles. The second-order valence-corrected chi connectivity index (χ2v) is 40.0. The van der Waals surface area contributed by atoms with E-state index >= 15 is 26.3 Å². The Morgan fingerprint density at radius 1 is 0.280 bits per heavy atom. The van der Waals surface area contributed by atoms with Gasteiger partial charge in [-0.1, -0.05) is 140 Å². The average Bonchev–Trinajstić information content (AvgIpc) is 1.60. The van der Waals surface area contributed by atoms with Crippen LogP contribution in [-0.4, -0.2) is 188 Å². The van der Waals surface area contributed by atoms with E-state index in [2.05, 4.69) is 30.7 Å². The minimum Gasteiger partial charge on any atom is -0.465 e. The zero-order chi connectivity index (χ0) is 103. The van der Waals surface area contributed by atoms with Crippen molar-refractivity contribution >= 4 is 82.2 Å². The Bertz CT molecular complexity index is 5840. The maximum absolute atomic E-state index is 15.4. The number of nitrogens with zero attached hydrogens (tertiary/aromatic N) is 2. The summed E-state index contributed by atoms with van der Waals surface area (Å²) in [6, 6.07) is 29.6. The first-order chi connectivity index (χ1) is 67.7. The van der Waals surface area contributed by atoms with Crippen LogP contribution in [0.3, 0.4) is 0 Å². The zero-order valence-corrected chi connectivity index (χ0v) is 84.3. The fourth-order valence-corrected chi connectivity index (χ4v) is 20.5. The molecule has 8 aliphatic heterocycles. The highest BCUT2D eigenvalue weighted by atomic mass is 19.4. The van der Waals surface area contributed by atoms with E-state index in [9.17, 15) is 28.8 Å². The number of alkyl halides is 6. The largest absolute Gasteiger partial charge is 0.465 e. The van der Waals surface area contributed by atoms with Crippen LogP contribution < -0.4 is 14.2 Å². The van der Waals surface area contributed by atoms with E-state index < -0.39 is 175 Å². The van der Waals surface area contributed by atoms with Crippen LogP contribution in [0.15, 0.2) is 115 Å². The van der Waals surface area contributed by atoms with Crippen molar-refractivity contribution < 1.29 is 140 Å². The molecule has 0 amide bonds. The molecule has 772 valence electrons. The third-order valence-corrected chi connectivity index (χ3v) is 30.6. The molecule has 34 heteroatoms. The molecule has 7 aromatic rings. The van der Waals surface area contributed by atoms with Crippen LogP contribution in [0.5, 0.6) is 17.2 Å². The van der Waals surface area contributed by atoms with Gasteiger partial charge in [-0.25, -0.2) is 9.97 Å². The number of carbonyl (C=O) groups is 6. The average molecular weight is 1990 g/mol. The van der Waals surface area contributed by atoms with Crippen molar-refractivity contribution in [1.82, 2.24) is 19.9 Å². The first-order valence-electron chi connectivity index (χ1n) is 49.2. The van der Waals surface area contributed by atoms with Crippen molar-refractivity contribution in [2.24, 2.45) is 88.8 Å². The van der Waals surface area contributed by atoms with E-state index in [0.717, 1.165) is 0 Å². The molecule has 12 unspecified atom stereocenters. The summed E-state index contributed by atoms with van der Waals surface area (Å²) in [5.41, 5.74) is 0.887. The quantitative estimate of drug-likeness (QED) is 0.0261. The normalized spacial score (nSPS) is 31.4. The van der Waals surface area contributed by atoms with Crippen LogP contribution in [0.2, 0.25) is 0 Å². The van der Waals surface area contributed by atoms with Crippen molar-refractivity contribution in [3.05, 3.63) is 149 Å². The Morgan fingerprint density at radius 2 is 0.510 bits per heavy atom. The van der Waals surface area contributed by atoms with Gasteiger partial charge >= 0.3 is 48.2 Å². The van der Waals surface area contributed by atoms with Crippen molar-refractivity contribution in [3.8, 4) is 61.8 Å². The molecule has 30 atom stereocenters. The van der Waals surface area contributed by atoms with Crippen LogP contribution in [0.1, 0.15) is 179 Å². The molecule has 28 nitrogen and oxygen atoms in total. The summed E-state index contributed by atoms with van der Waals surface area (Å²) < 4.78 is 208. The predicted octanol–water partition coefficient (Wildman–Crippen LogP) is 20.9. The Balaban J connectivity index is 0.875. The van der Waals surface area contributed by atoms with Crippen LogP contribution in [0.25, 0.3) is 90.9 Å². The van der Waals surface area contributed by atoms with Crippen LogP contribution >= 0.6 is 0 Å². The van der Waals surface area contributed by atoms with E-state index in [-0.39, 0.29) is 156 Å². The van der Waals surface area contributed by atoms with E-state index in [1.165, 1.54) is 47.6 Å². The number of hydrogen-bond donors (Lipinski definition) is 2. The monoisotopic (exact) mass is 1990 g/mol. The number of nitrogens with one attached hydrogen (secondary N) is 2. The van der Waals surface area contributed by atoms with Crippen molar-refractivity contribution in [2.75, 3.05) is 39.6 Å². The number of carbonyl (C=O) groups excluding carboxylic acids is 6. The van der Waals surface area contributed by atoms with Gasteiger partial charge in [0, 0.05) is 121 Å². The fraction of sp³-hybridized carbons (Fsp3) is 0.541. The number of benzene rings is 4. The SMILES string of the molecule is CC(=O)OCC1O[C@@H](Oc2cccc(-c3c4nc(c(-c5cccc(O[C@@H]6OC(COC(C)=O)[C@@H](O[C@@H]7OC(COC(C)=O)[C@H](C)[C@H](C)C7C)[C@H](C)C6C)c5)c5ccc([nH]5)c(-c5cc(C(F)(F)F)cc(C(F)(F)F)c5)c5nc(c(-c6cccc(O[C@@H]7OC(COC(C)=O)[C@@H](O[C@@H]8OC(COC(C)=O)[C@H](C)[C@H](C)C8C)[C@H](C)C7C)c6)c6ccc3[nH]6)C=C5)C=C4)c2)C(C)[C@@H](C)[C@@H]1O[C@@H]1OC(COC(C)=O)[C@H](C)[C@H](C)C1C. The molecule has 8 bridgehead atoms. The van der Waals surface area contributed by atoms with E-state index in [4.69, 9.17) is 95.2 Å². The molecule has 3 aromatic heterocycles. The van der Waals surface area contributed by atoms with Gasteiger partial charge < -0.3 is 95.2 Å². The highest BCUT2D eigenvalue weighted by molar-refractivity contribution is 6.00. The van der Waals surface area contributed by atoms with Crippen LogP contribution in [0, 0.1) is 88.8 Å². The Morgan fingerprint density at radius 3 is 0.755 bits per heavy atom. The number of aromatic amines is 2. The fourth-order valence-electron chi connectivity index (χ4n) is 20.5. The molecule has 2 N–H and O–H groups in total. The summed E-state index contributed by atoms with van der Waals surface area (Å²) in [5, 5.41) is 0. The first kappa shape index (κ1) is 106. The van der Waals surface area contributed by atoms with Gasteiger partial charge in [0.2, 0.25) is 18.9 Å². The highest BCUT2D eigenvalue weighted by Gasteiger charge is 2.54. The molecule has 0 saturated carbocycles. The minimum absolute atomic E-state index is 0.00262. The van der Waals surface area contributed by atoms with Crippen LogP contribution in [-0.2, 0) is 112 Å². The smallest absolute Gasteiger partial charge is 0.416 e. The van der Waals surface area contributed by atoms with E-state index in [1.54, 1.807) is 78.9 Å². The second kappa shape index (κ2) is 44.5. The number of ether oxygens (including phenoxy) is 18. The maximum Gasteiger partial charge on any atom is 0.416 e. The minimum atomic E-state index is -5.28. The van der Waals surface area contributed by atoms with E-state index in [1.807, 2.05) is 119 Å². The number of rotatable bonds is 28. The molecular formula is C109H130F6N4O24. The van der Waals surface area contributed by atoms with Gasteiger partial charge in [0.05, 0.1) is 70.5 Å². The summed E-state index contributed by atoms with van der Waals surface area (Å²) in [7, 11) is 0. The summed E-state index contributed by atoms with van der Waals surface area (Å²) in [5.74, 6) is -4.74. The highest BCUT2D eigenvalue weighted by Crippen LogP contribution is 2.50. The van der Waals surface area contributed by atoms with Gasteiger partial charge in [-0.05, 0) is 179 Å². The van der Waals surface area contributed by atoms with Gasteiger partial charge in [-0.2, -0.15) is 26.3 Å². The molecule has 0 spiro atoms. The first-order valence-corrected chi connectivity index (χ1v) is 49.2.